The Morgan fingerprint density at radius 2 is 1.58 bits per heavy atom. The average Bonchev–Trinajstić information content (AvgIpc) is 2.61. The first kappa shape index (κ1) is 18.9. The van der Waals surface area contributed by atoms with Crippen molar-refractivity contribution in [2.24, 2.45) is 0 Å². The van der Waals surface area contributed by atoms with Crippen molar-refractivity contribution >= 4 is 9.84 Å². The van der Waals surface area contributed by atoms with E-state index in [2.05, 4.69) is 5.32 Å². The van der Waals surface area contributed by atoms with Crippen LogP contribution in [0.5, 0.6) is 0 Å². The van der Waals surface area contributed by atoms with Gasteiger partial charge in [-0.15, -0.1) is 0 Å². The first-order chi connectivity index (χ1) is 12.2. The van der Waals surface area contributed by atoms with E-state index in [0.717, 1.165) is 17.7 Å². The van der Waals surface area contributed by atoms with Crippen molar-refractivity contribution in [3.05, 3.63) is 65.2 Å². The summed E-state index contributed by atoms with van der Waals surface area (Å²) in [5, 5.41) is 2.37. The minimum atomic E-state index is -4.38. The number of nitrogens with one attached hydrogen (secondary N) is 1. The highest BCUT2D eigenvalue weighted by Crippen LogP contribution is 2.33. The van der Waals surface area contributed by atoms with Crippen molar-refractivity contribution in [3.8, 4) is 0 Å². The molecule has 140 valence electrons. The molecule has 26 heavy (non-hydrogen) atoms. The van der Waals surface area contributed by atoms with Gasteiger partial charge >= 0.3 is 6.18 Å². The highest BCUT2D eigenvalue weighted by atomic mass is 32.2. The molecular weight excluding hydrogens is 363 g/mol. The molecule has 0 radical (unpaired) electrons. The first-order valence-electron chi connectivity index (χ1n) is 8.42. The van der Waals surface area contributed by atoms with Crippen LogP contribution >= 0.6 is 0 Å². The summed E-state index contributed by atoms with van der Waals surface area (Å²) < 4.78 is 63.8. The first-order valence-corrected chi connectivity index (χ1v) is 9.96. The molecule has 0 amide bonds. The SMILES string of the molecule is Cc1ccc(S(=O)(=O)C2CCCC(c3ccc(C(F)(F)F)cc3)N2)cc1. The summed E-state index contributed by atoms with van der Waals surface area (Å²) in [5.74, 6) is 0. The van der Waals surface area contributed by atoms with E-state index in [9.17, 15) is 21.6 Å². The number of halogens is 3. The van der Waals surface area contributed by atoms with E-state index in [-0.39, 0.29) is 10.9 Å². The summed E-state index contributed by atoms with van der Waals surface area (Å²) in [4.78, 5) is 0.258. The molecule has 0 bridgehead atoms. The van der Waals surface area contributed by atoms with Crippen LogP contribution in [0.4, 0.5) is 13.2 Å². The van der Waals surface area contributed by atoms with E-state index < -0.39 is 27.0 Å². The molecule has 1 saturated heterocycles. The Balaban J connectivity index is 1.80. The maximum Gasteiger partial charge on any atom is 0.416 e. The number of aryl methyl sites for hydroxylation is 1. The monoisotopic (exact) mass is 383 g/mol. The van der Waals surface area contributed by atoms with Gasteiger partial charge in [-0.05, 0) is 56.0 Å². The normalized spacial score (nSPS) is 21.5. The summed E-state index contributed by atoms with van der Waals surface area (Å²) in [6.07, 6.45) is -2.52. The lowest BCUT2D eigenvalue weighted by molar-refractivity contribution is -0.137. The van der Waals surface area contributed by atoms with Gasteiger partial charge in [0, 0.05) is 6.04 Å². The summed E-state index contributed by atoms with van der Waals surface area (Å²) >= 11 is 0. The number of piperidine rings is 1. The third-order valence-corrected chi connectivity index (χ3v) is 6.76. The number of benzene rings is 2. The second-order valence-corrected chi connectivity index (χ2v) is 8.75. The molecule has 0 aliphatic carbocycles. The Labute approximate surface area is 151 Å². The third kappa shape index (κ3) is 3.94. The van der Waals surface area contributed by atoms with Crippen molar-refractivity contribution in [1.82, 2.24) is 5.32 Å². The Morgan fingerprint density at radius 1 is 0.962 bits per heavy atom. The van der Waals surface area contributed by atoms with E-state index in [1.54, 1.807) is 24.3 Å². The van der Waals surface area contributed by atoms with Crippen molar-refractivity contribution < 1.29 is 21.6 Å². The smallest absolute Gasteiger partial charge is 0.294 e. The van der Waals surface area contributed by atoms with Crippen molar-refractivity contribution in [2.75, 3.05) is 0 Å². The number of hydrogen-bond acceptors (Lipinski definition) is 3. The minimum absolute atomic E-state index is 0.258. The van der Waals surface area contributed by atoms with Crippen LogP contribution in [0, 0.1) is 6.92 Å². The standard InChI is InChI=1S/C19H20F3NO2S/c1-13-5-11-16(12-6-13)26(24,25)18-4-2-3-17(23-18)14-7-9-15(10-8-14)19(20,21)22/h5-12,17-18,23H,2-4H2,1H3. The van der Waals surface area contributed by atoms with E-state index in [0.29, 0.717) is 24.8 Å². The predicted octanol–water partition coefficient (Wildman–Crippen LogP) is 4.63. The average molecular weight is 383 g/mol. The van der Waals surface area contributed by atoms with Gasteiger partial charge in [0.15, 0.2) is 9.84 Å². The molecule has 1 aliphatic rings. The third-order valence-electron chi connectivity index (χ3n) is 4.71. The van der Waals surface area contributed by atoms with Gasteiger partial charge in [0.05, 0.1) is 10.5 Å². The van der Waals surface area contributed by atoms with E-state index >= 15 is 0 Å². The molecule has 1 aliphatic heterocycles. The molecule has 3 nitrogen and oxygen atoms in total. The Hall–Kier alpha value is -1.86. The zero-order valence-electron chi connectivity index (χ0n) is 14.3. The largest absolute Gasteiger partial charge is 0.416 e. The molecule has 0 spiro atoms. The molecule has 7 heteroatoms. The van der Waals surface area contributed by atoms with Gasteiger partial charge in [-0.1, -0.05) is 29.8 Å². The Kier molecular flexibility index (Phi) is 5.12. The molecule has 2 aromatic carbocycles. The van der Waals surface area contributed by atoms with Gasteiger partial charge in [-0.3, -0.25) is 5.32 Å². The summed E-state index contributed by atoms with van der Waals surface area (Å²) in [5.41, 5.74) is 0.936. The predicted molar refractivity (Wildman–Crippen MR) is 93.3 cm³/mol. The van der Waals surface area contributed by atoms with Gasteiger partial charge in [-0.2, -0.15) is 13.2 Å². The van der Waals surface area contributed by atoms with Crippen LogP contribution in [-0.4, -0.2) is 13.8 Å². The van der Waals surface area contributed by atoms with Gasteiger partial charge in [0.25, 0.3) is 0 Å². The van der Waals surface area contributed by atoms with E-state index in [4.69, 9.17) is 0 Å². The number of hydrogen-bond donors (Lipinski definition) is 1. The zero-order valence-corrected chi connectivity index (χ0v) is 15.1. The molecule has 3 rings (SSSR count). The fourth-order valence-electron chi connectivity index (χ4n) is 3.20. The fraction of sp³-hybridized carbons (Fsp3) is 0.368. The lowest BCUT2D eigenvalue weighted by atomic mass is 9.96. The van der Waals surface area contributed by atoms with Crippen LogP contribution in [0.2, 0.25) is 0 Å². The van der Waals surface area contributed by atoms with Gasteiger partial charge in [0.1, 0.15) is 5.37 Å². The summed E-state index contributed by atoms with van der Waals surface area (Å²) in [7, 11) is -3.54. The minimum Gasteiger partial charge on any atom is -0.294 e. The van der Waals surface area contributed by atoms with Crippen LogP contribution < -0.4 is 5.32 Å². The quantitative estimate of drug-likeness (QED) is 0.841. The summed E-state index contributed by atoms with van der Waals surface area (Å²) in [6.45, 7) is 1.88. The number of rotatable bonds is 3. The molecule has 0 saturated carbocycles. The maximum atomic E-state index is 12.8. The molecule has 2 aromatic rings. The Morgan fingerprint density at radius 3 is 2.15 bits per heavy atom. The van der Waals surface area contributed by atoms with Crippen LogP contribution in [0.15, 0.2) is 53.4 Å². The number of sulfone groups is 1. The van der Waals surface area contributed by atoms with Crippen LogP contribution in [0.25, 0.3) is 0 Å². The van der Waals surface area contributed by atoms with Crippen LogP contribution in [-0.2, 0) is 16.0 Å². The lowest BCUT2D eigenvalue weighted by Crippen LogP contribution is -2.42. The lowest BCUT2D eigenvalue weighted by Gasteiger charge is -2.31. The zero-order chi connectivity index (χ0) is 18.9. The van der Waals surface area contributed by atoms with Crippen molar-refractivity contribution in [1.29, 1.82) is 0 Å². The summed E-state index contributed by atoms with van der Waals surface area (Å²) in [6, 6.07) is 11.3. The van der Waals surface area contributed by atoms with Gasteiger partial charge < -0.3 is 0 Å². The van der Waals surface area contributed by atoms with Gasteiger partial charge in [-0.25, -0.2) is 8.42 Å². The molecule has 1 N–H and O–H groups in total. The maximum absolute atomic E-state index is 12.8. The number of alkyl halides is 3. The molecule has 0 aromatic heterocycles. The van der Waals surface area contributed by atoms with Crippen LogP contribution in [0.3, 0.4) is 0 Å². The van der Waals surface area contributed by atoms with Crippen molar-refractivity contribution in [2.45, 2.75) is 48.7 Å². The molecule has 2 atom stereocenters. The molecule has 2 unspecified atom stereocenters. The van der Waals surface area contributed by atoms with Crippen molar-refractivity contribution in [3.63, 3.8) is 0 Å². The molecular formula is C19H20F3NO2S. The van der Waals surface area contributed by atoms with Crippen LogP contribution in [0.1, 0.15) is 42.0 Å². The molecule has 1 fully saturated rings. The van der Waals surface area contributed by atoms with Gasteiger partial charge in [0.2, 0.25) is 0 Å². The second-order valence-electron chi connectivity index (χ2n) is 6.62. The van der Waals surface area contributed by atoms with E-state index in [1.165, 1.54) is 12.1 Å². The highest BCUT2D eigenvalue weighted by Gasteiger charge is 2.34. The fourth-order valence-corrected chi connectivity index (χ4v) is 4.87. The van der Waals surface area contributed by atoms with E-state index in [1.807, 2.05) is 6.92 Å². The topological polar surface area (TPSA) is 46.2 Å². The Bertz CT molecular complexity index is 859. The second kappa shape index (κ2) is 7.04. The highest BCUT2D eigenvalue weighted by molar-refractivity contribution is 7.92. The molecule has 1 heterocycles.